The van der Waals surface area contributed by atoms with E-state index in [1.165, 1.54) is 7.11 Å². The van der Waals surface area contributed by atoms with Gasteiger partial charge in [-0.2, -0.15) is 0 Å². The normalized spacial score (nSPS) is 12.9. The number of carbonyl (C=O) groups excluding carboxylic acids is 1. The second-order valence-corrected chi connectivity index (χ2v) is 1.63. The van der Waals surface area contributed by atoms with Gasteiger partial charge in [-0.15, -0.1) is 0 Å². The molecule has 0 aromatic rings. The summed E-state index contributed by atoms with van der Waals surface area (Å²) in [6.07, 6.45) is 0.743. The lowest BCUT2D eigenvalue weighted by Crippen LogP contribution is -2.64. The minimum Gasteiger partial charge on any atom is -0.465 e. The number of ether oxygens (including phenoxy) is 1. The topological polar surface area (TPSA) is 53.9 Å². The van der Waals surface area contributed by atoms with Gasteiger partial charge in [0.1, 0.15) is 0 Å². The first-order valence-electron chi connectivity index (χ1n) is 2.63. The van der Waals surface area contributed by atoms with Crippen molar-refractivity contribution in [2.24, 2.45) is 0 Å². The Morgan fingerprint density at radius 1 is 1.88 bits per heavy atom. The predicted molar refractivity (Wildman–Crippen MR) is 29.0 cm³/mol. The summed E-state index contributed by atoms with van der Waals surface area (Å²) in [5.74, 6) is -0.229. The first kappa shape index (κ1) is 7.43. The summed E-state index contributed by atoms with van der Waals surface area (Å²) < 4.78 is 4.40. The molecule has 0 aliphatic rings. The minimum atomic E-state index is -0.229. The average molecular weight is 118 g/mol. The molecule has 0 aromatic heterocycles. The van der Waals surface area contributed by atoms with Crippen LogP contribution in [0.3, 0.4) is 0 Å². The van der Waals surface area contributed by atoms with Crippen molar-refractivity contribution in [2.75, 3.05) is 7.11 Å². The summed E-state index contributed by atoms with van der Waals surface area (Å²) in [5, 5.41) is 0. The van der Waals surface area contributed by atoms with Crippen molar-refractivity contribution >= 4 is 5.97 Å². The van der Waals surface area contributed by atoms with Gasteiger partial charge in [-0.3, -0.25) is 0 Å². The molecule has 0 amide bonds. The van der Waals surface area contributed by atoms with Crippen LogP contribution in [0.2, 0.25) is 0 Å². The lowest BCUT2D eigenvalue weighted by atomic mass is 10.2. The maximum Gasteiger partial charge on any atom is 0.364 e. The van der Waals surface area contributed by atoms with Crippen molar-refractivity contribution < 1.29 is 15.3 Å². The fraction of sp³-hybridized carbons (Fsp3) is 0.800. The van der Waals surface area contributed by atoms with Crippen molar-refractivity contribution in [2.45, 2.75) is 19.4 Å². The summed E-state index contributed by atoms with van der Waals surface area (Å²) in [5.41, 5.74) is 3.55. The molecule has 0 saturated carbocycles. The van der Waals surface area contributed by atoms with Crippen LogP contribution in [0.5, 0.6) is 0 Å². The third kappa shape index (κ3) is 1.93. The van der Waals surface area contributed by atoms with E-state index in [0.717, 1.165) is 6.42 Å². The van der Waals surface area contributed by atoms with E-state index in [-0.39, 0.29) is 12.0 Å². The van der Waals surface area contributed by atoms with Crippen LogP contribution in [-0.4, -0.2) is 19.1 Å². The first-order valence-corrected chi connectivity index (χ1v) is 2.63. The highest BCUT2D eigenvalue weighted by molar-refractivity contribution is 5.73. The Morgan fingerprint density at radius 3 is 2.50 bits per heavy atom. The zero-order valence-electron chi connectivity index (χ0n) is 5.31. The maximum atomic E-state index is 10.5. The zero-order chi connectivity index (χ0) is 6.57. The van der Waals surface area contributed by atoms with Gasteiger partial charge in [0.25, 0.3) is 0 Å². The number of methoxy groups -OCH3 is 1. The van der Waals surface area contributed by atoms with Crippen molar-refractivity contribution in [1.82, 2.24) is 0 Å². The Kier molecular flexibility index (Phi) is 3.19. The minimum absolute atomic E-state index is 0.194. The van der Waals surface area contributed by atoms with Gasteiger partial charge in [-0.25, -0.2) is 4.79 Å². The highest BCUT2D eigenvalue weighted by atomic mass is 16.5. The molecule has 0 radical (unpaired) electrons. The summed E-state index contributed by atoms with van der Waals surface area (Å²) in [7, 11) is 1.37. The predicted octanol–water partition coefficient (Wildman–Crippen LogP) is -0.820. The molecular weight excluding hydrogens is 106 g/mol. The molecule has 0 aromatic carbocycles. The van der Waals surface area contributed by atoms with Crippen molar-refractivity contribution in [1.29, 1.82) is 0 Å². The van der Waals surface area contributed by atoms with Gasteiger partial charge in [0.2, 0.25) is 0 Å². The zero-order valence-corrected chi connectivity index (χ0v) is 5.31. The number of quaternary nitrogens is 1. The van der Waals surface area contributed by atoms with Gasteiger partial charge in [-0.1, -0.05) is 6.92 Å². The average Bonchev–Trinajstić information content (AvgIpc) is 1.84. The molecule has 8 heavy (non-hydrogen) atoms. The van der Waals surface area contributed by atoms with E-state index in [0.29, 0.717) is 0 Å². The van der Waals surface area contributed by atoms with E-state index in [2.05, 4.69) is 10.5 Å². The third-order valence-corrected chi connectivity index (χ3v) is 1.03. The fourth-order valence-corrected chi connectivity index (χ4v) is 0.333. The van der Waals surface area contributed by atoms with Crippen LogP contribution in [0.4, 0.5) is 0 Å². The number of hydrogen-bond acceptors (Lipinski definition) is 2. The monoisotopic (exact) mass is 118 g/mol. The number of hydrogen-bond donors (Lipinski definition) is 1. The van der Waals surface area contributed by atoms with Crippen LogP contribution in [-0.2, 0) is 9.53 Å². The van der Waals surface area contributed by atoms with Gasteiger partial charge in [0.15, 0.2) is 6.04 Å². The lowest BCUT2D eigenvalue weighted by Gasteiger charge is -1.99. The molecule has 48 valence electrons. The van der Waals surface area contributed by atoms with Crippen molar-refractivity contribution in [3.8, 4) is 0 Å². The van der Waals surface area contributed by atoms with Gasteiger partial charge < -0.3 is 10.5 Å². The standard InChI is InChI=1S/C5H11NO2/c1-3-4(6)5(7)8-2/h4H,3,6H2,1-2H3/p+1/t4-/m1/s1. The van der Waals surface area contributed by atoms with Crippen LogP contribution in [0.1, 0.15) is 13.3 Å². The third-order valence-electron chi connectivity index (χ3n) is 1.03. The Balaban J connectivity index is 3.46. The molecule has 0 saturated heterocycles. The molecule has 0 spiro atoms. The van der Waals surface area contributed by atoms with Crippen molar-refractivity contribution in [3.05, 3.63) is 0 Å². The van der Waals surface area contributed by atoms with Gasteiger partial charge in [0.05, 0.1) is 7.11 Å². The van der Waals surface area contributed by atoms with Crippen LogP contribution in [0, 0.1) is 0 Å². The molecule has 0 bridgehead atoms. The smallest absolute Gasteiger partial charge is 0.364 e. The van der Waals surface area contributed by atoms with Crippen LogP contribution >= 0.6 is 0 Å². The summed E-state index contributed by atoms with van der Waals surface area (Å²) in [4.78, 5) is 10.5. The largest absolute Gasteiger partial charge is 0.465 e. The van der Waals surface area contributed by atoms with Crippen molar-refractivity contribution in [3.63, 3.8) is 0 Å². The molecule has 0 aliphatic carbocycles. The van der Waals surface area contributed by atoms with Crippen LogP contribution in [0.25, 0.3) is 0 Å². The van der Waals surface area contributed by atoms with E-state index in [4.69, 9.17) is 0 Å². The lowest BCUT2D eigenvalue weighted by molar-refractivity contribution is -0.408. The summed E-state index contributed by atoms with van der Waals surface area (Å²) >= 11 is 0. The second-order valence-electron chi connectivity index (χ2n) is 1.63. The van der Waals surface area contributed by atoms with Crippen LogP contribution < -0.4 is 5.73 Å². The van der Waals surface area contributed by atoms with Crippen LogP contribution in [0.15, 0.2) is 0 Å². The number of esters is 1. The second kappa shape index (κ2) is 3.43. The molecule has 3 N–H and O–H groups in total. The molecule has 1 atom stereocenters. The molecule has 3 nitrogen and oxygen atoms in total. The van der Waals surface area contributed by atoms with Gasteiger partial charge >= 0.3 is 5.97 Å². The quantitative estimate of drug-likeness (QED) is 0.482. The van der Waals surface area contributed by atoms with E-state index in [9.17, 15) is 4.79 Å². The molecule has 0 rings (SSSR count). The van der Waals surface area contributed by atoms with Gasteiger partial charge in [0, 0.05) is 6.42 Å². The molecule has 0 unspecified atom stereocenters. The van der Waals surface area contributed by atoms with E-state index < -0.39 is 0 Å². The van der Waals surface area contributed by atoms with E-state index >= 15 is 0 Å². The Morgan fingerprint density at radius 2 is 2.38 bits per heavy atom. The summed E-state index contributed by atoms with van der Waals surface area (Å²) in [6.45, 7) is 1.90. The fourth-order valence-electron chi connectivity index (χ4n) is 0.333. The highest BCUT2D eigenvalue weighted by Crippen LogP contribution is 1.84. The molecule has 3 heteroatoms. The molecular formula is C5H12NO2+. The maximum absolute atomic E-state index is 10.5. The Hall–Kier alpha value is -0.570. The number of carbonyl (C=O) groups is 1. The molecule has 0 fully saturated rings. The Bertz CT molecular complexity index is 82.5. The van der Waals surface area contributed by atoms with Gasteiger partial charge in [-0.05, 0) is 0 Å². The molecule has 0 aliphatic heterocycles. The SMILES string of the molecule is CC[C@@H]([NH3+])C(=O)OC. The number of rotatable bonds is 2. The highest BCUT2D eigenvalue weighted by Gasteiger charge is 2.13. The van der Waals surface area contributed by atoms with E-state index in [1.54, 1.807) is 0 Å². The first-order chi connectivity index (χ1) is 3.72. The Labute approximate surface area is 48.8 Å². The van der Waals surface area contributed by atoms with E-state index in [1.807, 2.05) is 6.92 Å². The molecule has 0 heterocycles. The summed E-state index contributed by atoms with van der Waals surface area (Å²) in [6, 6.07) is -0.194.